The average molecular weight is 342 g/mol. The molecule has 0 spiro atoms. The predicted octanol–water partition coefficient (Wildman–Crippen LogP) is 1.40. The molecule has 1 heterocycles. The van der Waals surface area contributed by atoms with Gasteiger partial charge in [-0.05, 0) is 42.0 Å². The van der Waals surface area contributed by atoms with E-state index >= 15 is 0 Å². The molecule has 1 atom stereocenters. The summed E-state index contributed by atoms with van der Waals surface area (Å²) in [6.45, 7) is 2.99. The Morgan fingerprint density at radius 2 is 2.15 bits per heavy atom. The van der Waals surface area contributed by atoms with Crippen molar-refractivity contribution >= 4 is 39.2 Å². The summed E-state index contributed by atoms with van der Waals surface area (Å²) in [5.41, 5.74) is 6.86. The molecule has 108 valence electrons. The molecule has 1 aliphatic rings. The van der Waals surface area contributed by atoms with Gasteiger partial charge in [-0.15, -0.1) is 0 Å². The molecule has 0 radical (unpaired) electrons. The minimum Gasteiger partial charge on any atom is -0.478 e. The molecule has 3 N–H and O–H groups in total. The first-order valence-corrected chi connectivity index (χ1v) is 6.93. The van der Waals surface area contributed by atoms with Crippen molar-refractivity contribution < 1.29 is 14.7 Å². The topological polar surface area (TPSA) is 86.9 Å². The zero-order valence-electron chi connectivity index (χ0n) is 11.3. The summed E-state index contributed by atoms with van der Waals surface area (Å²) in [6.07, 6.45) is 0. The maximum absolute atomic E-state index is 12.2. The minimum atomic E-state index is -1.05. The Morgan fingerprint density at radius 3 is 2.65 bits per heavy atom. The van der Waals surface area contributed by atoms with Crippen molar-refractivity contribution in [3.8, 4) is 0 Å². The fourth-order valence-electron chi connectivity index (χ4n) is 2.49. The highest BCUT2D eigenvalue weighted by Gasteiger charge is 2.31. The van der Waals surface area contributed by atoms with E-state index < -0.39 is 5.97 Å². The van der Waals surface area contributed by atoms with E-state index in [1.165, 1.54) is 12.1 Å². The molecular formula is C13H16BrN3O3. The number of likely N-dealkylation sites (N-methyl/N-ethyl adjacent to an activating group) is 1. The second-order valence-corrected chi connectivity index (χ2v) is 5.86. The van der Waals surface area contributed by atoms with Crippen molar-refractivity contribution in [2.75, 3.05) is 30.8 Å². The van der Waals surface area contributed by atoms with Gasteiger partial charge >= 0.3 is 5.97 Å². The fraction of sp³-hybridized carbons (Fsp3) is 0.385. The molecule has 0 aliphatic carbocycles. The molecule has 1 aliphatic heterocycles. The summed E-state index contributed by atoms with van der Waals surface area (Å²) in [5.74, 6) is -1.11. The number of aromatic carboxylic acids is 1. The van der Waals surface area contributed by atoms with Crippen LogP contribution in [0.4, 0.5) is 11.4 Å². The van der Waals surface area contributed by atoms with Crippen molar-refractivity contribution in [1.29, 1.82) is 0 Å². The molecule has 2 rings (SSSR count). The molecule has 0 unspecified atom stereocenters. The zero-order chi connectivity index (χ0) is 15.0. The highest BCUT2D eigenvalue weighted by Crippen LogP contribution is 2.36. The van der Waals surface area contributed by atoms with Crippen LogP contribution < -0.4 is 10.6 Å². The van der Waals surface area contributed by atoms with Gasteiger partial charge in [-0.3, -0.25) is 9.69 Å². The number of rotatable bonds is 2. The third-order valence-electron chi connectivity index (χ3n) is 3.27. The van der Waals surface area contributed by atoms with Gasteiger partial charge in [0.1, 0.15) is 0 Å². The van der Waals surface area contributed by atoms with Gasteiger partial charge in [0, 0.05) is 17.1 Å². The Hall–Kier alpha value is -1.60. The number of carboxylic acids is 1. The molecule has 0 aromatic heterocycles. The summed E-state index contributed by atoms with van der Waals surface area (Å²) in [7, 11) is 1.89. The number of nitrogens with two attached hydrogens (primary N) is 1. The van der Waals surface area contributed by atoms with Crippen LogP contribution in [0.3, 0.4) is 0 Å². The summed E-state index contributed by atoms with van der Waals surface area (Å²) < 4.78 is 0.514. The van der Waals surface area contributed by atoms with Gasteiger partial charge in [-0.2, -0.15) is 0 Å². The molecule has 1 amide bonds. The van der Waals surface area contributed by atoms with Crippen LogP contribution in [-0.2, 0) is 4.79 Å². The summed E-state index contributed by atoms with van der Waals surface area (Å²) in [4.78, 5) is 26.8. The first-order valence-electron chi connectivity index (χ1n) is 6.14. The number of anilines is 2. The third kappa shape index (κ3) is 2.64. The molecule has 1 saturated heterocycles. The van der Waals surface area contributed by atoms with E-state index in [0.29, 0.717) is 16.7 Å². The lowest BCUT2D eigenvalue weighted by Gasteiger charge is -2.38. The number of amides is 1. The number of halogens is 1. The van der Waals surface area contributed by atoms with Crippen LogP contribution in [0.15, 0.2) is 16.6 Å². The van der Waals surface area contributed by atoms with Crippen LogP contribution in [0.2, 0.25) is 0 Å². The molecular weight excluding hydrogens is 326 g/mol. The van der Waals surface area contributed by atoms with Gasteiger partial charge in [0.25, 0.3) is 0 Å². The summed E-state index contributed by atoms with van der Waals surface area (Å²) in [5, 5.41) is 9.01. The molecule has 6 nitrogen and oxygen atoms in total. The molecule has 7 heteroatoms. The number of carbonyl (C=O) groups excluding carboxylic acids is 1. The van der Waals surface area contributed by atoms with Gasteiger partial charge in [0.05, 0.1) is 23.5 Å². The van der Waals surface area contributed by atoms with Crippen LogP contribution in [0.25, 0.3) is 0 Å². The number of piperazine rings is 1. The van der Waals surface area contributed by atoms with E-state index in [2.05, 4.69) is 15.9 Å². The Kier molecular flexibility index (Phi) is 4.01. The van der Waals surface area contributed by atoms with Gasteiger partial charge in [0.15, 0.2) is 0 Å². The van der Waals surface area contributed by atoms with Crippen molar-refractivity contribution in [2.45, 2.75) is 13.0 Å². The first-order chi connectivity index (χ1) is 9.31. The smallest absolute Gasteiger partial charge is 0.335 e. The number of nitrogen functional groups attached to an aromatic ring is 1. The molecule has 1 aromatic carbocycles. The van der Waals surface area contributed by atoms with Crippen LogP contribution in [0.1, 0.15) is 17.3 Å². The first kappa shape index (κ1) is 14.8. The van der Waals surface area contributed by atoms with Crippen LogP contribution >= 0.6 is 15.9 Å². The van der Waals surface area contributed by atoms with Crippen molar-refractivity contribution in [2.24, 2.45) is 0 Å². The van der Waals surface area contributed by atoms with Crippen molar-refractivity contribution in [3.05, 3.63) is 22.2 Å². The molecule has 0 bridgehead atoms. The molecule has 0 saturated carbocycles. The SMILES string of the molecule is C[C@@H]1CN(C)CC(=O)N1c1c(N)cc(C(=O)O)cc1Br. The van der Waals surface area contributed by atoms with E-state index in [9.17, 15) is 9.59 Å². The van der Waals surface area contributed by atoms with Gasteiger partial charge in [0.2, 0.25) is 5.91 Å². The minimum absolute atomic E-state index is 0.0319. The maximum Gasteiger partial charge on any atom is 0.335 e. The highest BCUT2D eigenvalue weighted by atomic mass is 79.9. The van der Waals surface area contributed by atoms with Gasteiger partial charge < -0.3 is 15.7 Å². The number of nitrogens with zero attached hydrogens (tertiary/aromatic N) is 2. The van der Waals surface area contributed by atoms with Crippen LogP contribution in [0.5, 0.6) is 0 Å². The van der Waals surface area contributed by atoms with E-state index in [4.69, 9.17) is 10.8 Å². The van der Waals surface area contributed by atoms with Gasteiger partial charge in [-0.25, -0.2) is 4.79 Å². The second kappa shape index (κ2) is 5.41. The maximum atomic E-state index is 12.2. The molecule has 20 heavy (non-hydrogen) atoms. The second-order valence-electron chi connectivity index (χ2n) is 5.01. The standard InChI is InChI=1S/C13H16BrN3O3/c1-7-5-16(2)6-11(18)17(7)12-9(14)3-8(13(19)20)4-10(12)15/h3-4,7H,5-6,15H2,1-2H3,(H,19,20)/t7-/m1/s1. The lowest BCUT2D eigenvalue weighted by Crippen LogP contribution is -2.54. The Morgan fingerprint density at radius 1 is 1.50 bits per heavy atom. The summed E-state index contributed by atoms with van der Waals surface area (Å²) >= 11 is 3.32. The number of carboxylic acid groups (broad SMARTS) is 1. The largest absolute Gasteiger partial charge is 0.478 e. The summed E-state index contributed by atoms with van der Waals surface area (Å²) in [6, 6.07) is 2.81. The van der Waals surface area contributed by atoms with Crippen LogP contribution in [-0.4, -0.2) is 48.1 Å². The van der Waals surface area contributed by atoms with Crippen molar-refractivity contribution in [3.63, 3.8) is 0 Å². The Bertz CT molecular complexity index is 553. The van der Waals surface area contributed by atoms with Gasteiger partial charge in [-0.1, -0.05) is 0 Å². The van der Waals surface area contributed by atoms with E-state index in [-0.39, 0.29) is 23.2 Å². The average Bonchev–Trinajstić information content (AvgIpc) is 2.30. The number of hydrogen-bond acceptors (Lipinski definition) is 4. The lowest BCUT2D eigenvalue weighted by molar-refractivity contribution is -0.121. The Balaban J connectivity index is 2.47. The molecule has 1 aromatic rings. The van der Waals surface area contributed by atoms with E-state index in [1.807, 2.05) is 18.9 Å². The monoisotopic (exact) mass is 341 g/mol. The predicted molar refractivity (Wildman–Crippen MR) is 80.0 cm³/mol. The van der Waals surface area contributed by atoms with Crippen LogP contribution in [0, 0.1) is 0 Å². The number of carbonyl (C=O) groups is 2. The lowest BCUT2D eigenvalue weighted by atomic mass is 10.1. The quantitative estimate of drug-likeness (QED) is 0.794. The van der Waals surface area contributed by atoms with E-state index in [1.54, 1.807) is 4.90 Å². The Labute approximate surface area is 125 Å². The number of hydrogen-bond donors (Lipinski definition) is 2. The fourth-order valence-corrected chi connectivity index (χ4v) is 3.16. The normalized spacial score (nSPS) is 20.2. The molecule has 1 fully saturated rings. The van der Waals surface area contributed by atoms with E-state index in [0.717, 1.165) is 6.54 Å². The highest BCUT2D eigenvalue weighted by molar-refractivity contribution is 9.10. The number of benzene rings is 1. The third-order valence-corrected chi connectivity index (χ3v) is 3.88. The zero-order valence-corrected chi connectivity index (χ0v) is 12.8. The van der Waals surface area contributed by atoms with Crippen molar-refractivity contribution in [1.82, 2.24) is 4.90 Å².